The molecule has 2 rings (SSSR count). The van der Waals surface area contributed by atoms with Crippen molar-refractivity contribution in [2.45, 2.75) is 24.9 Å². The van der Waals surface area contributed by atoms with Gasteiger partial charge in [-0.25, -0.2) is 0 Å². The summed E-state index contributed by atoms with van der Waals surface area (Å²) in [6.45, 7) is 2.89. The molecule has 1 heterocycles. The lowest BCUT2D eigenvalue weighted by molar-refractivity contribution is 0.109. The first-order valence-electron chi connectivity index (χ1n) is 7.08. The van der Waals surface area contributed by atoms with Crippen LogP contribution in [0.15, 0.2) is 22.7 Å². The summed E-state index contributed by atoms with van der Waals surface area (Å²) in [7, 11) is 4.36. The van der Waals surface area contributed by atoms with E-state index in [0.717, 1.165) is 28.1 Å². The Kier molecular flexibility index (Phi) is 5.87. The molecule has 1 unspecified atom stereocenters. The SMILES string of the molecule is CN1CCC(N(C)C(CN)c2ccc(Br)cc2Cl)CC1. The minimum absolute atomic E-state index is 0.184. The lowest BCUT2D eigenvalue weighted by atomic mass is 9.98. The highest BCUT2D eigenvalue weighted by atomic mass is 79.9. The zero-order valence-corrected chi connectivity index (χ0v) is 14.5. The maximum Gasteiger partial charge on any atom is 0.0485 e. The third-order valence-corrected chi connectivity index (χ3v) is 5.12. The van der Waals surface area contributed by atoms with Crippen LogP contribution in [0.2, 0.25) is 5.02 Å². The fraction of sp³-hybridized carbons (Fsp3) is 0.600. The number of hydrogen-bond acceptors (Lipinski definition) is 3. The van der Waals surface area contributed by atoms with Gasteiger partial charge in [0, 0.05) is 28.1 Å². The monoisotopic (exact) mass is 359 g/mol. The van der Waals surface area contributed by atoms with Gasteiger partial charge in [0.2, 0.25) is 0 Å². The van der Waals surface area contributed by atoms with Crippen molar-refractivity contribution in [1.29, 1.82) is 0 Å². The van der Waals surface area contributed by atoms with Crippen LogP contribution in [0.3, 0.4) is 0 Å². The van der Waals surface area contributed by atoms with Crippen molar-refractivity contribution >= 4 is 27.5 Å². The Morgan fingerprint density at radius 3 is 2.65 bits per heavy atom. The highest BCUT2D eigenvalue weighted by molar-refractivity contribution is 9.10. The van der Waals surface area contributed by atoms with E-state index in [2.05, 4.69) is 45.9 Å². The zero-order chi connectivity index (χ0) is 14.7. The van der Waals surface area contributed by atoms with Crippen LogP contribution < -0.4 is 5.73 Å². The highest BCUT2D eigenvalue weighted by Gasteiger charge is 2.27. The van der Waals surface area contributed by atoms with Gasteiger partial charge in [0.05, 0.1) is 0 Å². The van der Waals surface area contributed by atoms with Crippen LogP contribution in [0.5, 0.6) is 0 Å². The first-order valence-corrected chi connectivity index (χ1v) is 8.25. The molecule has 5 heteroatoms. The molecule has 1 aliphatic rings. The largest absolute Gasteiger partial charge is 0.329 e. The molecule has 3 nitrogen and oxygen atoms in total. The van der Waals surface area contributed by atoms with Crippen LogP contribution >= 0.6 is 27.5 Å². The van der Waals surface area contributed by atoms with Crippen LogP contribution in [-0.2, 0) is 0 Å². The lowest BCUT2D eigenvalue weighted by Crippen LogP contribution is -2.45. The third-order valence-electron chi connectivity index (χ3n) is 4.30. The van der Waals surface area contributed by atoms with Crippen LogP contribution in [-0.4, -0.2) is 49.6 Å². The molecular weight excluding hydrogens is 338 g/mol. The van der Waals surface area contributed by atoms with Crippen molar-refractivity contribution in [1.82, 2.24) is 9.80 Å². The first-order chi connectivity index (χ1) is 9.52. The van der Waals surface area contributed by atoms with E-state index in [1.165, 1.54) is 12.8 Å². The number of likely N-dealkylation sites (N-methyl/N-ethyl adjacent to an activating group) is 1. The number of halogens is 2. The second-order valence-electron chi connectivity index (χ2n) is 5.62. The van der Waals surface area contributed by atoms with Crippen molar-refractivity contribution < 1.29 is 0 Å². The van der Waals surface area contributed by atoms with Gasteiger partial charge in [0.1, 0.15) is 0 Å². The maximum absolute atomic E-state index is 6.39. The second-order valence-corrected chi connectivity index (χ2v) is 6.94. The molecule has 0 aromatic heterocycles. The molecule has 1 aromatic carbocycles. The Balaban J connectivity index is 2.14. The molecule has 1 aliphatic heterocycles. The normalized spacial score (nSPS) is 19.5. The predicted molar refractivity (Wildman–Crippen MR) is 89.2 cm³/mol. The molecule has 0 amide bonds. The minimum atomic E-state index is 0.184. The van der Waals surface area contributed by atoms with E-state index < -0.39 is 0 Å². The van der Waals surface area contributed by atoms with Gasteiger partial charge in [-0.1, -0.05) is 33.6 Å². The zero-order valence-electron chi connectivity index (χ0n) is 12.1. The van der Waals surface area contributed by atoms with Crippen molar-refractivity contribution in [2.75, 3.05) is 33.7 Å². The number of rotatable bonds is 4. The van der Waals surface area contributed by atoms with Crippen molar-refractivity contribution in [3.05, 3.63) is 33.3 Å². The lowest BCUT2D eigenvalue weighted by Gasteiger charge is -2.39. The van der Waals surface area contributed by atoms with Gasteiger partial charge in [-0.2, -0.15) is 0 Å². The maximum atomic E-state index is 6.39. The fourth-order valence-electron chi connectivity index (χ4n) is 2.94. The van der Waals surface area contributed by atoms with E-state index in [-0.39, 0.29) is 6.04 Å². The molecule has 2 N–H and O–H groups in total. The number of hydrogen-bond donors (Lipinski definition) is 1. The Labute approximate surface area is 135 Å². The fourth-order valence-corrected chi connectivity index (χ4v) is 3.74. The van der Waals surface area contributed by atoms with Crippen molar-refractivity contribution in [3.63, 3.8) is 0 Å². The number of likely N-dealkylation sites (tertiary alicyclic amines) is 1. The third kappa shape index (κ3) is 3.74. The highest BCUT2D eigenvalue weighted by Crippen LogP contribution is 2.31. The molecule has 1 saturated heterocycles. The van der Waals surface area contributed by atoms with Gasteiger partial charge in [0.25, 0.3) is 0 Å². The molecule has 20 heavy (non-hydrogen) atoms. The predicted octanol–water partition coefficient (Wildman–Crippen LogP) is 3.13. The smallest absolute Gasteiger partial charge is 0.0485 e. The summed E-state index contributed by atoms with van der Waals surface area (Å²) in [5.41, 5.74) is 7.15. The van der Waals surface area contributed by atoms with Gasteiger partial charge in [-0.15, -0.1) is 0 Å². The van der Waals surface area contributed by atoms with Gasteiger partial charge < -0.3 is 10.6 Å². The summed E-state index contributed by atoms with van der Waals surface area (Å²) < 4.78 is 1.00. The average molecular weight is 361 g/mol. The molecule has 0 spiro atoms. The summed E-state index contributed by atoms with van der Waals surface area (Å²) in [5, 5.41) is 0.787. The molecular formula is C15H23BrClN3. The van der Waals surface area contributed by atoms with Gasteiger partial charge in [-0.05, 0) is 57.7 Å². The molecule has 0 saturated carbocycles. The summed E-state index contributed by atoms with van der Waals surface area (Å²) >= 11 is 9.84. The van der Waals surface area contributed by atoms with E-state index >= 15 is 0 Å². The quantitative estimate of drug-likeness (QED) is 0.895. The van der Waals surface area contributed by atoms with E-state index in [4.69, 9.17) is 17.3 Å². The van der Waals surface area contributed by atoms with Crippen molar-refractivity contribution in [3.8, 4) is 0 Å². The summed E-state index contributed by atoms with van der Waals surface area (Å²) in [6.07, 6.45) is 2.38. The van der Waals surface area contributed by atoms with Crippen molar-refractivity contribution in [2.24, 2.45) is 5.73 Å². The Hall–Kier alpha value is -0.130. The van der Waals surface area contributed by atoms with Gasteiger partial charge in [0.15, 0.2) is 0 Å². The van der Waals surface area contributed by atoms with Crippen LogP contribution in [0, 0.1) is 0 Å². The van der Waals surface area contributed by atoms with E-state index in [9.17, 15) is 0 Å². The average Bonchev–Trinajstić information content (AvgIpc) is 2.42. The number of benzene rings is 1. The minimum Gasteiger partial charge on any atom is -0.329 e. The topological polar surface area (TPSA) is 32.5 Å². The molecule has 1 fully saturated rings. The second kappa shape index (κ2) is 7.23. The van der Waals surface area contributed by atoms with Gasteiger partial charge >= 0.3 is 0 Å². The number of piperidine rings is 1. The molecule has 112 valence electrons. The van der Waals surface area contributed by atoms with Crippen LogP contribution in [0.1, 0.15) is 24.4 Å². The summed E-state index contributed by atoms with van der Waals surface area (Å²) in [6, 6.07) is 6.83. The van der Waals surface area contributed by atoms with Crippen LogP contribution in [0.4, 0.5) is 0 Å². The molecule has 1 aromatic rings. The number of nitrogens with two attached hydrogens (primary N) is 1. The van der Waals surface area contributed by atoms with E-state index in [1.807, 2.05) is 12.1 Å². The van der Waals surface area contributed by atoms with E-state index in [1.54, 1.807) is 0 Å². The number of nitrogens with zero attached hydrogens (tertiary/aromatic N) is 2. The molecule has 0 radical (unpaired) electrons. The standard InChI is InChI=1S/C15H23BrClN3/c1-19-7-5-12(6-8-19)20(2)15(10-18)13-4-3-11(16)9-14(13)17/h3-4,9,12,15H,5-8,10,18H2,1-2H3. The molecule has 0 aliphatic carbocycles. The first kappa shape index (κ1) is 16.2. The van der Waals surface area contributed by atoms with Crippen LogP contribution in [0.25, 0.3) is 0 Å². The van der Waals surface area contributed by atoms with Gasteiger partial charge in [-0.3, -0.25) is 4.90 Å². The summed E-state index contributed by atoms with van der Waals surface area (Å²) in [5.74, 6) is 0. The Bertz CT molecular complexity index is 447. The van der Waals surface area contributed by atoms with E-state index in [0.29, 0.717) is 12.6 Å². The summed E-state index contributed by atoms with van der Waals surface area (Å²) in [4.78, 5) is 4.79. The molecule has 0 bridgehead atoms. The Morgan fingerprint density at radius 2 is 2.10 bits per heavy atom. The Morgan fingerprint density at radius 1 is 1.45 bits per heavy atom. The molecule has 1 atom stereocenters.